The van der Waals surface area contributed by atoms with Crippen molar-refractivity contribution in [3.8, 4) is 0 Å². The minimum atomic E-state index is -5.56. The summed E-state index contributed by atoms with van der Waals surface area (Å²) in [6, 6.07) is 0. The number of rotatable bonds is 21. The van der Waals surface area contributed by atoms with Gasteiger partial charge in [-0.2, -0.15) is 4.31 Å². The normalized spacial score (nSPS) is 22.6. The van der Waals surface area contributed by atoms with E-state index in [-0.39, 0.29) is 42.3 Å². The summed E-state index contributed by atoms with van der Waals surface area (Å²) >= 11 is 1.27. The van der Waals surface area contributed by atoms with E-state index < -0.39 is 84.6 Å². The SMILES string of the molecule is CC=CC(O)=CSCCNC(=O)CCNC(=O)[C@H](O)C(C)(C)COP(=O)(O)OP(=O)(O)OC[C@H]1O[C@@H](n2cnc3c(N)ncnc32)[C@H](O)[C@@H]1OP(=O)(O)O. The van der Waals surface area contributed by atoms with Gasteiger partial charge in [0.05, 0.1) is 19.5 Å². The maximum Gasteiger partial charge on any atom is 0.481 e. The van der Waals surface area contributed by atoms with Crippen molar-refractivity contribution in [2.45, 2.75) is 57.8 Å². The maximum atomic E-state index is 12.6. The molecule has 0 bridgehead atoms. The van der Waals surface area contributed by atoms with Gasteiger partial charge in [0.15, 0.2) is 17.7 Å². The quantitative estimate of drug-likeness (QED) is 0.0345. The minimum Gasteiger partial charge on any atom is -0.507 e. The fraction of sp³-hybridized carbons (Fsp3) is 0.577. The number of allylic oxidation sites excluding steroid dienone is 2. The Kier molecular flexibility index (Phi) is 16.3. The van der Waals surface area contributed by atoms with Crippen LogP contribution in [0.15, 0.2) is 36.0 Å². The van der Waals surface area contributed by atoms with Gasteiger partial charge in [-0.3, -0.25) is 27.7 Å². The summed E-state index contributed by atoms with van der Waals surface area (Å²) in [5.41, 5.74) is 4.27. The van der Waals surface area contributed by atoms with Gasteiger partial charge in [-0.05, 0) is 13.0 Å². The highest BCUT2D eigenvalue weighted by molar-refractivity contribution is 8.02. The highest BCUT2D eigenvalue weighted by Crippen LogP contribution is 2.61. The monoisotopic (exact) mass is 849 g/mol. The molecule has 2 amide bonds. The van der Waals surface area contributed by atoms with Crippen molar-refractivity contribution in [1.29, 1.82) is 0 Å². The van der Waals surface area contributed by atoms with Crippen LogP contribution in [0.1, 0.15) is 33.4 Å². The topological polar surface area (TPSA) is 367 Å². The number of anilines is 1. The number of phosphoric acid groups is 3. The Morgan fingerprint density at radius 3 is 2.46 bits per heavy atom. The molecule has 0 aliphatic carbocycles. The van der Waals surface area contributed by atoms with Crippen LogP contribution < -0.4 is 16.4 Å². The fourth-order valence-corrected chi connectivity index (χ4v) is 7.96. The van der Waals surface area contributed by atoms with Crippen LogP contribution in [0, 0.1) is 5.41 Å². The van der Waals surface area contributed by atoms with Gasteiger partial charge in [-0.1, -0.05) is 19.9 Å². The largest absolute Gasteiger partial charge is 0.507 e. The molecule has 1 fully saturated rings. The molecule has 2 aromatic rings. The summed E-state index contributed by atoms with van der Waals surface area (Å²) in [6.45, 7) is 2.34. The molecule has 3 rings (SSSR count). The molecule has 0 radical (unpaired) electrons. The molecule has 54 heavy (non-hydrogen) atoms. The standard InChI is InChI=1S/C26H42N7O17P3S/c1-4-5-15(34)11-54-9-8-28-17(35)6-7-29-24(38)21(37)26(2,3)12-47-53(44,45)50-52(42,43)46-10-16-20(49-51(39,40)41)19(36)25(48-16)33-14-32-18-22(27)30-13-31-23(18)33/h4-5,11,13-14,16,19-21,25,34,36-37H,6-10,12H2,1-3H3,(H,28,35)(H,29,38)(H,42,43)(H,44,45)(H2,27,30,31)(H2,39,40,41)/t16-,19-,20-,21+,25-/m1/s1. The first-order chi connectivity index (χ1) is 25.1. The molecule has 1 aliphatic heterocycles. The lowest BCUT2D eigenvalue weighted by Gasteiger charge is -2.30. The summed E-state index contributed by atoms with van der Waals surface area (Å²) in [5.74, 6) is -0.877. The number of nitrogens with one attached hydrogen (secondary N) is 2. The molecule has 0 saturated carbocycles. The molecule has 11 N–H and O–H groups in total. The first kappa shape index (κ1) is 45.6. The number of phosphoric ester groups is 3. The number of amides is 2. The average Bonchev–Trinajstić information content (AvgIpc) is 3.62. The van der Waals surface area contributed by atoms with Gasteiger partial charge in [-0.15, -0.1) is 11.8 Å². The molecule has 304 valence electrons. The van der Waals surface area contributed by atoms with E-state index >= 15 is 0 Å². The van der Waals surface area contributed by atoms with E-state index in [1.807, 2.05) is 0 Å². The van der Waals surface area contributed by atoms with E-state index in [4.69, 9.17) is 19.5 Å². The smallest absolute Gasteiger partial charge is 0.481 e. The van der Waals surface area contributed by atoms with Gasteiger partial charge in [0.25, 0.3) is 0 Å². The number of imidazole rings is 1. The molecule has 24 nitrogen and oxygen atoms in total. The molecule has 1 aliphatic rings. The van der Waals surface area contributed by atoms with Crippen LogP contribution in [0.5, 0.6) is 0 Å². The molecule has 28 heteroatoms. The molecule has 0 aromatic carbocycles. The maximum absolute atomic E-state index is 12.6. The number of nitrogen functional groups attached to an aromatic ring is 1. The Bertz CT molecular complexity index is 1830. The number of carbonyl (C=O) groups excluding carboxylic acids is 2. The van der Waals surface area contributed by atoms with Crippen LogP contribution in [-0.2, 0) is 45.9 Å². The molecule has 3 heterocycles. The second kappa shape index (κ2) is 19.4. The lowest BCUT2D eigenvalue weighted by atomic mass is 9.87. The summed E-state index contributed by atoms with van der Waals surface area (Å²) in [7, 11) is -16.4. The Morgan fingerprint density at radius 1 is 1.11 bits per heavy atom. The van der Waals surface area contributed by atoms with E-state index in [1.54, 1.807) is 13.0 Å². The fourth-order valence-electron chi connectivity index (χ4n) is 4.54. The molecular formula is C26H42N7O17P3S. The third-order valence-corrected chi connectivity index (χ3v) is 11.1. The van der Waals surface area contributed by atoms with Crippen LogP contribution in [0.4, 0.5) is 5.82 Å². The number of aromatic nitrogens is 4. The van der Waals surface area contributed by atoms with Gasteiger partial charge < -0.3 is 56.0 Å². The third-order valence-electron chi connectivity index (χ3n) is 7.16. The Hall–Kier alpha value is -2.83. The number of carbonyl (C=O) groups is 2. The van der Waals surface area contributed by atoms with Crippen molar-refractivity contribution in [1.82, 2.24) is 30.2 Å². The van der Waals surface area contributed by atoms with Crippen LogP contribution in [-0.4, -0.2) is 123 Å². The van der Waals surface area contributed by atoms with Crippen LogP contribution in [0.2, 0.25) is 0 Å². The number of thioether (sulfide) groups is 1. The Balaban J connectivity index is 1.51. The van der Waals surface area contributed by atoms with Gasteiger partial charge >= 0.3 is 23.5 Å². The Morgan fingerprint density at radius 2 is 1.80 bits per heavy atom. The van der Waals surface area contributed by atoms with Gasteiger partial charge in [0.2, 0.25) is 11.8 Å². The number of aliphatic hydroxyl groups is 3. The zero-order valence-electron chi connectivity index (χ0n) is 28.8. The summed E-state index contributed by atoms with van der Waals surface area (Å²) in [5, 5.41) is 37.3. The number of aliphatic hydroxyl groups excluding tert-OH is 3. The molecule has 7 atom stereocenters. The van der Waals surface area contributed by atoms with E-state index in [0.29, 0.717) is 5.75 Å². The Labute approximate surface area is 311 Å². The van der Waals surface area contributed by atoms with E-state index in [2.05, 4.69) is 34.4 Å². The summed E-state index contributed by atoms with van der Waals surface area (Å²) in [4.78, 5) is 75.4. The first-order valence-corrected chi connectivity index (χ1v) is 21.1. The van der Waals surface area contributed by atoms with E-state index in [0.717, 1.165) is 17.2 Å². The van der Waals surface area contributed by atoms with Crippen molar-refractivity contribution in [3.05, 3.63) is 36.0 Å². The number of hydrogen-bond donors (Lipinski definition) is 10. The minimum absolute atomic E-state index is 0.0317. The lowest BCUT2D eigenvalue weighted by molar-refractivity contribution is -0.137. The zero-order valence-corrected chi connectivity index (χ0v) is 32.3. The third kappa shape index (κ3) is 13.7. The molecule has 0 spiro atoms. The average molecular weight is 850 g/mol. The number of ether oxygens (including phenoxy) is 1. The number of hydrogen-bond acceptors (Lipinski definition) is 18. The van der Waals surface area contributed by atoms with Crippen molar-refractivity contribution in [2.24, 2.45) is 5.41 Å². The molecule has 1 saturated heterocycles. The lowest BCUT2D eigenvalue weighted by Crippen LogP contribution is -2.46. The summed E-state index contributed by atoms with van der Waals surface area (Å²) in [6.07, 6.45) is -3.70. The number of nitrogens with two attached hydrogens (primary N) is 1. The van der Waals surface area contributed by atoms with Crippen molar-refractivity contribution in [2.75, 3.05) is 37.8 Å². The predicted octanol–water partition coefficient (Wildman–Crippen LogP) is 0.114. The van der Waals surface area contributed by atoms with Crippen molar-refractivity contribution in [3.63, 3.8) is 0 Å². The van der Waals surface area contributed by atoms with Crippen LogP contribution >= 0.6 is 35.2 Å². The number of fused-ring (bicyclic) bond motifs is 1. The van der Waals surface area contributed by atoms with Gasteiger partial charge in [0, 0.05) is 36.1 Å². The predicted molar refractivity (Wildman–Crippen MR) is 188 cm³/mol. The van der Waals surface area contributed by atoms with E-state index in [9.17, 15) is 58.2 Å². The van der Waals surface area contributed by atoms with Gasteiger partial charge in [-0.25, -0.2) is 28.6 Å². The van der Waals surface area contributed by atoms with Gasteiger partial charge in [0.1, 0.15) is 42.0 Å². The zero-order chi connectivity index (χ0) is 40.5. The van der Waals surface area contributed by atoms with E-state index in [1.165, 1.54) is 37.1 Å². The number of nitrogens with zero attached hydrogens (tertiary/aromatic N) is 4. The second-order valence-electron chi connectivity index (χ2n) is 12.0. The van der Waals surface area contributed by atoms with Crippen molar-refractivity contribution < 1.29 is 80.8 Å². The van der Waals surface area contributed by atoms with Crippen LogP contribution in [0.25, 0.3) is 11.2 Å². The summed E-state index contributed by atoms with van der Waals surface area (Å²) < 4.78 is 62.0. The van der Waals surface area contributed by atoms with Crippen molar-refractivity contribution >= 4 is 64.0 Å². The second-order valence-corrected chi connectivity index (χ2v) is 17.2. The molecule has 2 aromatic heterocycles. The van der Waals surface area contributed by atoms with Crippen LogP contribution in [0.3, 0.4) is 0 Å². The molecular weight excluding hydrogens is 807 g/mol. The first-order valence-electron chi connectivity index (χ1n) is 15.6. The highest BCUT2D eigenvalue weighted by Gasteiger charge is 2.50. The molecule has 2 unspecified atom stereocenters. The highest BCUT2D eigenvalue weighted by atomic mass is 32.2.